The van der Waals surface area contributed by atoms with Gasteiger partial charge in [0.1, 0.15) is 11.8 Å². The standard InChI is InChI=1S/C16H16N2O/c1-11-4-6-14(13(8-11)10-17)18-15-9-12(2)5-7-16(15)19-3/h4-9,18H,1-3H3. The lowest BCUT2D eigenvalue weighted by molar-refractivity contribution is 0.416. The van der Waals surface area contributed by atoms with Gasteiger partial charge in [0.05, 0.1) is 24.0 Å². The van der Waals surface area contributed by atoms with Gasteiger partial charge in [-0.25, -0.2) is 0 Å². The molecule has 0 aliphatic rings. The van der Waals surface area contributed by atoms with Crippen molar-refractivity contribution in [2.75, 3.05) is 12.4 Å². The second-order valence-electron chi connectivity index (χ2n) is 4.49. The van der Waals surface area contributed by atoms with E-state index in [1.54, 1.807) is 7.11 Å². The number of nitrogens with zero attached hydrogens (tertiary/aromatic N) is 1. The van der Waals surface area contributed by atoms with Gasteiger partial charge in [-0.15, -0.1) is 0 Å². The van der Waals surface area contributed by atoms with Gasteiger partial charge in [0.25, 0.3) is 0 Å². The predicted molar refractivity (Wildman–Crippen MR) is 76.9 cm³/mol. The number of methoxy groups -OCH3 is 1. The Morgan fingerprint density at radius 3 is 2.37 bits per heavy atom. The molecule has 19 heavy (non-hydrogen) atoms. The quantitative estimate of drug-likeness (QED) is 0.900. The first-order valence-corrected chi connectivity index (χ1v) is 6.06. The summed E-state index contributed by atoms with van der Waals surface area (Å²) in [5.41, 5.74) is 4.48. The number of nitriles is 1. The molecule has 2 rings (SSSR count). The molecule has 0 saturated heterocycles. The average Bonchev–Trinajstić information content (AvgIpc) is 2.41. The number of ether oxygens (including phenoxy) is 1. The van der Waals surface area contributed by atoms with Crippen molar-refractivity contribution in [1.29, 1.82) is 5.26 Å². The van der Waals surface area contributed by atoms with E-state index < -0.39 is 0 Å². The molecule has 96 valence electrons. The fourth-order valence-electron chi connectivity index (χ4n) is 1.92. The largest absolute Gasteiger partial charge is 0.495 e. The second-order valence-corrected chi connectivity index (χ2v) is 4.49. The summed E-state index contributed by atoms with van der Waals surface area (Å²) in [5, 5.41) is 12.4. The molecule has 0 saturated carbocycles. The number of aryl methyl sites for hydroxylation is 2. The fraction of sp³-hybridized carbons (Fsp3) is 0.188. The van der Waals surface area contributed by atoms with Gasteiger partial charge in [0, 0.05) is 0 Å². The zero-order chi connectivity index (χ0) is 13.8. The zero-order valence-corrected chi connectivity index (χ0v) is 11.3. The van der Waals surface area contributed by atoms with Gasteiger partial charge in [-0.3, -0.25) is 0 Å². The summed E-state index contributed by atoms with van der Waals surface area (Å²) >= 11 is 0. The van der Waals surface area contributed by atoms with Crippen LogP contribution < -0.4 is 10.1 Å². The Hall–Kier alpha value is -2.47. The van der Waals surface area contributed by atoms with Crippen LogP contribution in [0.1, 0.15) is 16.7 Å². The molecule has 0 bridgehead atoms. The smallest absolute Gasteiger partial charge is 0.142 e. The van der Waals surface area contributed by atoms with Crippen LogP contribution in [0, 0.1) is 25.2 Å². The van der Waals surface area contributed by atoms with Crippen molar-refractivity contribution in [3.05, 3.63) is 53.1 Å². The molecule has 2 aromatic carbocycles. The Balaban J connectivity index is 2.41. The molecule has 0 unspecified atom stereocenters. The van der Waals surface area contributed by atoms with E-state index in [-0.39, 0.29) is 0 Å². The Bertz CT molecular complexity index is 642. The number of rotatable bonds is 3. The van der Waals surface area contributed by atoms with E-state index in [1.807, 2.05) is 50.2 Å². The van der Waals surface area contributed by atoms with Crippen molar-refractivity contribution in [1.82, 2.24) is 0 Å². The third-order valence-electron chi connectivity index (χ3n) is 2.92. The van der Waals surface area contributed by atoms with Crippen LogP contribution in [0.5, 0.6) is 5.75 Å². The van der Waals surface area contributed by atoms with Crippen LogP contribution in [0.3, 0.4) is 0 Å². The van der Waals surface area contributed by atoms with Crippen LogP contribution in [0.25, 0.3) is 0 Å². The minimum atomic E-state index is 0.628. The predicted octanol–water partition coefficient (Wildman–Crippen LogP) is 3.93. The molecule has 0 atom stereocenters. The number of benzene rings is 2. The summed E-state index contributed by atoms with van der Waals surface area (Å²) in [6, 6.07) is 13.9. The van der Waals surface area contributed by atoms with Crippen LogP contribution in [-0.2, 0) is 0 Å². The SMILES string of the molecule is COc1ccc(C)cc1Nc1ccc(C)cc1C#N. The van der Waals surface area contributed by atoms with E-state index in [0.717, 1.165) is 28.3 Å². The molecule has 0 spiro atoms. The maximum Gasteiger partial charge on any atom is 0.142 e. The lowest BCUT2D eigenvalue weighted by Crippen LogP contribution is -1.97. The zero-order valence-electron chi connectivity index (χ0n) is 11.3. The van der Waals surface area contributed by atoms with E-state index in [4.69, 9.17) is 4.74 Å². The number of hydrogen-bond donors (Lipinski definition) is 1. The number of hydrogen-bond acceptors (Lipinski definition) is 3. The third kappa shape index (κ3) is 2.86. The molecular weight excluding hydrogens is 236 g/mol. The highest BCUT2D eigenvalue weighted by Gasteiger charge is 2.07. The Morgan fingerprint density at radius 1 is 1.00 bits per heavy atom. The van der Waals surface area contributed by atoms with E-state index in [0.29, 0.717) is 5.56 Å². The van der Waals surface area contributed by atoms with Gasteiger partial charge in [-0.1, -0.05) is 12.1 Å². The molecule has 3 nitrogen and oxygen atoms in total. The Morgan fingerprint density at radius 2 is 1.68 bits per heavy atom. The Kier molecular flexibility index (Phi) is 3.72. The first-order chi connectivity index (χ1) is 9.13. The molecule has 2 aromatic rings. The molecular formula is C16H16N2O. The van der Waals surface area contributed by atoms with Crippen molar-refractivity contribution in [3.63, 3.8) is 0 Å². The fourth-order valence-corrected chi connectivity index (χ4v) is 1.92. The van der Waals surface area contributed by atoms with Crippen LogP contribution in [0.15, 0.2) is 36.4 Å². The first-order valence-electron chi connectivity index (χ1n) is 6.06. The normalized spacial score (nSPS) is 9.79. The summed E-state index contributed by atoms with van der Waals surface area (Å²) in [6.45, 7) is 3.99. The summed E-state index contributed by atoms with van der Waals surface area (Å²) in [7, 11) is 1.64. The molecule has 0 aromatic heterocycles. The molecule has 0 radical (unpaired) electrons. The molecule has 0 fully saturated rings. The summed E-state index contributed by atoms with van der Waals surface area (Å²) in [5.74, 6) is 0.759. The molecule has 0 amide bonds. The van der Waals surface area contributed by atoms with Gasteiger partial charge in [0.2, 0.25) is 0 Å². The number of nitrogens with one attached hydrogen (secondary N) is 1. The van der Waals surface area contributed by atoms with Gasteiger partial charge < -0.3 is 10.1 Å². The topological polar surface area (TPSA) is 45.0 Å². The lowest BCUT2D eigenvalue weighted by atomic mass is 10.1. The highest BCUT2D eigenvalue weighted by molar-refractivity contribution is 5.71. The van der Waals surface area contributed by atoms with Crippen molar-refractivity contribution in [2.24, 2.45) is 0 Å². The minimum absolute atomic E-state index is 0.628. The van der Waals surface area contributed by atoms with E-state index in [2.05, 4.69) is 11.4 Å². The maximum atomic E-state index is 9.18. The first kappa shape index (κ1) is 13.0. The second kappa shape index (κ2) is 5.45. The number of anilines is 2. The lowest BCUT2D eigenvalue weighted by Gasteiger charge is -2.13. The van der Waals surface area contributed by atoms with E-state index in [9.17, 15) is 5.26 Å². The minimum Gasteiger partial charge on any atom is -0.495 e. The molecule has 0 heterocycles. The summed E-state index contributed by atoms with van der Waals surface area (Å²) < 4.78 is 5.32. The summed E-state index contributed by atoms with van der Waals surface area (Å²) in [4.78, 5) is 0. The van der Waals surface area contributed by atoms with Gasteiger partial charge in [-0.05, 0) is 49.2 Å². The van der Waals surface area contributed by atoms with Gasteiger partial charge >= 0.3 is 0 Å². The van der Waals surface area contributed by atoms with Crippen molar-refractivity contribution in [2.45, 2.75) is 13.8 Å². The molecule has 0 aliphatic heterocycles. The Labute approximate surface area is 113 Å². The van der Waals surface area contributed by atoms with Crippen LogP contribution in [0.2, 0.25) is 0 Å². The highest BCUT2D eigenvalue weighted by Crippen LogP contribution is 2.30. The van der Waals surface area contributed by atoms with Gasteiger partial charge in [0.15, 0.2) is 0 Å². The van der Waals surface area contributed by atoms with Crippen LogP contribution in [-0.4, -0.2) is 7.11 Å². The summed E-state index contributed by atoms with van der Waals surface area (Å²) in [6.07, 6.45) is 0. The van der Waals surface area contributed by atoms with Crippen LogP contribution in [0.4, 0.5) is 11.4 Å². The van der Waals surface area contributed by atoms with Gasteiger partial charge in [-0.2, -0.15) is 5.26 Å². The third-order valence-corrected chi connectivity index (χ3v) is 2.92. The van der Waals surface area contributed by atoms with Crippen molar-refractivity contribution < 1.29 is 4.74 Å². The average molecular weight is 252 g/mol. The monoisotopic (exact) mass is 252 g/mol. The van der Waals surface area contributed by atoms with Crippen molar-refractivity contribution in [3.8, 4) is 11.8 Å². The highest BCUT2D eigenvalue weighted by atomic mass is 16.5. The van der Waals surface area contributed by atoms with E-state index in [1.165, 1.54) is 0 Å². The van der Waals surface area contributed by atoms with Crippen molar-refractivity contribution >= 4 is 11.4 Å². The molecule has 3 heteroatoms. The molecule has 0 aliphatic carbocycles. The molecule has 1 N–H and O–H groups in total. The van der Waals surface area contributed by atoms with Crippen LogP contribution >= 0.6 is 0 Å². The maximum absolute atomic E-state index is 9.18. The van der Waals surface area contributed by atoms with E-state index >= 15 is 0 Å².